The van der Waals surface area contributed by atoms with Gasteiger partial charge in [0.05, 0.1) is 23.7 Å². The molecule has 8 nitrogen and oxygen atoms in total. The van der Waals surface area contributed by atoms with E-state index in [4.69, 9.17) is 9.88 Å². The van der Waals surface area contributed by atoms with Crippen LogP contribution in [-0.4, -0.2) is 35.0 Å². The van der Waals surface area contributed by atoms with E-state index in [2.05, 4.69) is 15.0 Å². The molecule has 1 aromatic carbocycles. The number of hydrogen-bond acceptors (Lipinski definition) is 6. The number of ether oxygens (including phenoxy) is 1. The highest BCUT2D eigenvalue weighted by molar-refractivity contribution is 7.89. The number of imidazole rings is 1. The lowest BCUT2D eigenvalue weighted by Gasteiger charge is -2.13. The first-order valence-corrected chi connectivity index (χ1v) is 10.0. The Labute approximate surface area is 168 Å². The van der Waals surface area contributed by atoms with Gasteiger partial charge in [-0.2, -0.15) is 18.2 Å². The summed E-state index contributed by atoms with van der Waals surface area (Å²) in [5, 5.41) is 5.44. The van der Waals surface area contributed by atoms with Gasteiger partial charge >= 0.3 is 6.18 Å². The van der Waals surface area contributed by atoms with Crippen molar-refractivity contribution < 1.29 is 26.3 Å². The Morgan fingerprint density at radius 3 is 2.40 bits per heavy atom. The minimum Gasteiger partial charge on any atom is -0.481 e. The number of methoxy groups -OCH3 is 1. The van der Waals surface area contributed by atoms with Crippen LogP contribution in [0.15, 0.2) is 47.5 Å². The second kappa shape index (κ2) is 6.92. The molecule has 0 unspecified atom stereocenters. The smallest absolute Gasteiger partial charge is 0.449 e. The molecular formula is C18H14F3N5O3S. The van der Waals surface area contributed by atoms with Crippen LogP contribution in [0.25, 0.3) is 22.1 Å². The van der Waals surface area contributed by atoms with Gasteiger partial charge < -0.3 is 9.30 Å². The molecule has 4 rings (SSSR count). The van der Waals surface area contributed by atoms with Crippen molar-refractivity contribution in [2.24, 2.45) is 5.14 Å². The van der Waals surface area contributed by atoms with Crippen molar-refractivity contribution in [1.82, 2.24) is 19.5 Å². The van der Waals surface area contributed by atoms with Crippen molar-refractivity contribution in [1.29, 1.82) is 0 Å². The molecule has 30 heavy (non-hydrogen) atoms. The summed E-state index contributed by atoms with van der Waals surface area (Å²) in [6.45, 7) is -0.207. The highest BCUT2D eigenvalue weighted by atomic mass is 32.2. The SMILES string of the molecule is COc1ccc2c(ncc3nc(C(F)(F)F)n(Cc4ccc(S(N)(=O)=O)cc4)c32)n1. The van der Waals surface area contributed by atoms with Crippen LogP contribution in [0, 0.1) is 0 Å². The van der Waals surface area contributed by atoms with E-state index in [0.717, 1.165) is 4.57 Å². The third-order valence-electron chi connectivity index (χ3n) is 4.46. The minimum absolute atomic E-state index is 0.0583. The van der Waals surface area contributed by atoms with E-state index >= 15 is 0 Å². The molecule has 0 radical (unpaired) electrons. The number of alkyl halides is 3. The van der Waals surface area contributed by atoms with Crippen LogP contribution in [0.3, 0.4) is 0 Å². The number of primary sulfonamides is 1. The maximum Gasteiger partial charge on any atom is 0.449 e. The molecule has 0 bridgehead atoms. The summed E-state index contributed by atoms with van der Waals surface area (Å²) in [4.78, 5) is 11.8. The Bertz CT molecular complexity index is 1370. The normalized spacial score (nSPS) is 12.6. The summed E-state index contributed by atoms with van der Waals surface area (Å²) < 4.78 is 70.0. The number of sulfonamides is 1. The van der Waals surface area contributed by atoms with Gasteiger partial charge in [-0.15, -0.1) is 0 Å². The highest BCUT2D eigenvalue weighted by Crippen LogP contribution is 2.34. The third kappa shape index (κ3) is 3.55. The zero-order chi connectivity index (χ0) is 21.7. The third-order valence-corrected chi connectivity index (χ3v) is 5.39. The van der Waals surface area contributed by atoms with Gasteiger partial charge in [0.2, 0.25) is 21.7 Å². The summed E-state index contributed by atoms with van der Waals surface area (Å²) in [6, 6.07) is 8.37. The molecule has 156 valence electrons. The lowest BCUT2D eigenvalue weighted by Crippen LogP contribution is -2.16. The molecule has 0 aliphatic carbocycles. The molecule has 0 aliphatic heterocycles. The topological polar surface area (TPSA) is 113 Å². The van der Waals surface area contributed by atoms with Crippen molar-refractivity contribution in [3.8, 4) is 5.88 Å². The summed E-state index contributed by atoms with van der Waals surface area (Å²) >= 11 is 0. The van der Waals surface area contributed by atoms with Crippen molar-refractivity contribution >= 4 is 32.1 Å². The molecule has 12 heteroatoms. The molecule has 2 N–H and O–H groups in total. The first kappa shape index (κ1) is 20.0. The molecule has 0 aliphatic rings. The van der Waals surface area contributed by atoms with Crippen LogP contribution in [0.1, 0.15) is 11.4 Å². The number of rotatable bonds is 4. The number of fused-ring (bicyclic) bond motifs is 3. The molecule has 4 aromatic rings. The lowest BCUT2D eigenvalue weighted by atomic mass is 10.2. The van der Waals surface area contributed by atoms with E-state index < -0.39 is 22.0 Å². The van der Waals surface area contributed by atoms with Gasteiger partial charge in [0.15, 0.2) is 5.65 Å². The van der Waals surface area contributed by atoms with Crippen LogP contribution in [0.4, 0.5) is 13.2 Å². The maximum atomic E-state index is 13.7. The lowest BCUT2D eigenvalue weighted by molar-refractivity contribution is -0.146. The Balaban J connectivity index is 1.92. The molecule has 3 aromatic heterocycles. The molecule has 0 saturated heterocycles. The Morgan fingerprint density at radius 1 is 1.10 bits per heavy atom. The van der Waals surface area contributed by atoms with Crippen molar-refractivity contribution in [3.05, 3.63) is 54.0 Å². The van der Waals surface area contributed by atoms with Gasteiger partial charge in [0, 0.05) is 18.0 Å². The number of nitrogens with zero attached hydrogens (tertiary/aromatic N) is 4. The van der Waals surface area contributed by atoms with E-state index in [1.54, 1.807) is 6.07 Å². The number of pyridine rings is 2. The van der Waals surface area contributed by atoms with E-state index in [0.29, 0.717) is 10.9 Å². The van der Waals surface area contributed by atoms with E-state index in [-0.39, 0.29) is 34.0 Å². The number of hydrogen-bond donors (Lipinski definition) is 1. The van der Waals surface area contributed by atoms with Gasteiger partial charge in [-0.1, -0.05) is 12.1 Å². The molecule has 0 amide bonds. The quantitative estimate of drug-likeness (QED) is 0.525. The summed E-state index contributed by atoms with van der Waals surface area (Å²) in [6.07, 6.45) is -3.49. The minimum atomic E-state index is -4.72. The average Bonchev–Trinajstić information content (AvgIpc) is 3.06. The fourth-order valence-corrected chi connectivity index (χ4v) is 3.65. The zero-order valence-electron chi connectivity index (χ0n) is 15.4. The average molecular weight is 437 g/mol. The van der Waals surface area contributed by atoms with E-state index in [1.807, 2.05) is 0 Å². The Hall–Kier alpha value is -3.25. The van der Waals surface area contributed by atoms with Crippen LogP contribution in [0.5, 0.6) is 5.88 Å². The van der Waals surface area contributed by atoms with E-state index in [1.165, 1.54) is 43.6 Å². The fourth-order valence-electron chi connectivity index (χ4n) is 3.13. The summed E-state index contributed by atoms with van der Waals surface area (Å²) in [5.41, 5.74) is 0.904. The molecule has 0 fully saturated rings. The first-order chi connectivity index (χ1) is 14.1. The predicted molar refractivity (Wildman–Crippen MR) is 101 cm³/mol. The second-order valence-electron chi connectivity index (χ2n) is 6.43. The fraction of sp³-hybridized carbons (Fsp3) is 0.167. The molecule has 0 spiro atoms. The van der Waals surface area contributed by atoms with Gasteiger partial charge in [-0.25, -0.2) is 23.5 Å². The van der Waals surface area contributed by atoms with Crippen molar-refractivity contribution in [2.75, 3.05) is 7.11 Å². The van der Waals surface area contributed by atoms with Gasteiger partial charge in [0.25, 0.3) is 0 Å². The van der Waals surface area contributed by atoms with Gasteiger partial charge in [-0.05, 0) is 23.8 Å². The molecule has 3 heterocycles. The number of benzene rings is 1. The van der Waals surface area contributed by atoms with Gasteiger partial charge in [0.1, 0.15) is 5.52 Å². The zero-order valence-corrected chi connectivity index (χ0v) is 16.2. The van der Waals surface area contributed by atoms with E-state index in [9.17, 15) is 21.6 Å². The predicted octanol–water partition coefficient (Wildman–Crippen LogP) is 2.70. The number of nitrogens with two attached hydrogens (primary N) is 1. The summed E-state index contributed by atoms with van der Waals surface area (Å²) in [7, 11) is -2.49. The number of aromatic nitrogens is 4. The monoisotopic (exact) mass is 437 g/mol. The molecule has 0 saturated carbocycles. The first-order valence-electron chi connectivity index (χ1n) is 8.47. The van der Waals surface area contributed by atoms with Gasteiger partial charge in [-0.3, -0.25) is 0 Å². The van der Waals surface area contributed by atoms with Crippen LogP contribution in [0.2, 0.25) is 0 Å². The van der Waals surface area contributed by atoms with Crippen molar-refractivity contribution in [2.45, 2.75) is 17.6 Å². The van der Waals surface area contributed by atoms with Crippen LogP contribution in [-0.2, 0) is 22.7 Å². The standard InChI is InChI=1S/C18H14F3N5O3S/c1-29-14-7-6-12-15-13(8-23-16(12)25-14)24-17(18(19,20)21)26(15)9-10-2-4-11(5-3-10)30(22,27)28/h2-8H,9H2,1H3,(H2,22,27,28). The number of halogens is 3. The molecule has 0 atom stereocenters. The maximum absolute atomic E-state index is 13.7. The van der Waals surface area contributed by atoms with Crippen molar-refractivity contribution in [3.63, 3.8) is 0 Å². The highest BCUT2D eigenvalue weighted by Gasteiger charge is 2.38. The largest absolute Gasteiger partial charge is 0.481 e. The van der Waals surface area contributed by atoms with Crippen LogP contribution < -0.4 is 9.88 Å². The molecular weight excluding hydrogens is 423 g/mol. The van der Waals surface area contributed by atoms with Crippen LogP contribution >= 0.6 is 0 Å². The Kier molecular flexibility index (Phi) is 4.62. The Morgan fingerprint density at radius 2 is 1.80 bits per heavy atom. The second-order valence-corrected chi connectivity index (χ2v) is 7.99. The summed E-state index contributed by atoms with van der Waals surface area (Å²) in [5.74, 6) is -0.826.